The van der Waals surface area contributed by atoms with Gasteiger partial charge in [-0.2, -0.15) is 13.2 Å². The summed E-state index contributed by atoms with van der Waals surface area (Å²) in [6.07, 6.45) is -4.19. The van der Waals surface area contributed by atoms with E-state index in [0.29, 0.717) is 18.7 Å². The zero-order chi connectivity index (χ0) is 15.6. The maximum absolute atomic E-state index is 12.4. The molecule has 1 aliphatic heterocycles. The lowest BCUT2D eigenvalue weighted by atomic mass is 10.1. The van der Waals surface area contributed by atoms with Gasteiger partial charge in [0.2, 0.25) is 0 Å². The van der Waals surface area contributed by atoms with Gasteiger partial charge in [0, 0.05) is 30.7 Å². The molecule has 0 aliphatic carbocycles. The van der Waals surface area contributed by atoms with Crippen molar-refractivity contribution >= 4 is 21.8 Å². The average molecular weight is 365 g/mol. The summed E-state index contributed by atoms with van der Waals surface area (Å²) in [6.45, 7) is 2.10. The monoisotopic (exact) mass is 364 g/mol. The molecule has 0 saturated carbocycles. The van der Waals surface area contributed by atoms with Crippen molar-refractivity contribution in [2.75, 3.05) is 32.7 Å². The molecular formula is C14H16BrF3N2O. The van der Waals surface area contributed by atoms with Crippen molar-refractivity contribution in [3.05, 3.63) is 33.8 Å². The van der Waals surface area contributed by atoms with E-state index in [4.69, 9.17) is 0 Å². The zero-order valence-electron chi connectivity index (χ0n) is 11.6. The number of nitrogens with zero attached hydrogens (tertiary/aromatic N) is 2. The van der Waals surface area contributed by atoms with Gasteiger partial charge in [-0.15, -0.1) is 0 Å². The highest BCUT2D eigenvalue weighted by atomic mass is 79.9. The maximum Gasteiger partial charge on any atom is 0.401 e. The van der Waals surface area contributed by atoms with Gasteiger partial charge in [0.1, 0.15) is 0 Å². The fourth-order valence-corrected chi connectivity index (χ4v) is 2.78. The number of rotatable bonds is 2. The Kier molecular flexibility index (Phi) is 4.93. The van der Waals surface area contributed by atoms with Crippen LogP contribution in [0.15, 0.2) is 22.7 Å². The predicted molar refractivity (Wildman–Crippen MR) is 77.3 cm³/mol. The highest BCUT2D eigenvalue weighted by molar-refractivity contribution is 9.10. The molecule has 0 spiro atoms. The van der Waals surface area contributed by atoms with Crippen molar-refractivity contribution in [3.8, 4) is 0 Å². The molecule has 0 aromatic heterocycles. The summed E-state index contributed by atoms with van der Waals surface area (Å²) in [5, 5.41) is 0. The van der Waals surface area contributed by atoms with Gasteiger partial charge in [-0.25, -0.2) is 0 Å². The molecule has 1 aliphatic rings. The Hall–Kier alpha value is -1.08. The molecule has 1 heterocycles. The maximum atomic E-state index is 12.4. The molecule has 1 aromatic rings. The molecule has 1 fully saturated rings. The van der Waals surface area contributed by atoms with Gasteiger partial charge in [0.15, 0.2) is 0 Å². The van der Waals surface area contributed by atoms with Crippen LogP contribution >= 0.6 is 15.9 Å². The molecule has 0 N–H and O–H groups in total. The third-order valence-corrected chi connectivity index (χ3v) is 4.54. The highest BCUT2D eigenvalue weighted by Gasteiger charge is 2.33. The molecule has 7 heteroatoms. The van der Waals surface area contributed by atoms with Gasteiger partial charge in [-0.3, -0.25) is 9.69 Å². The summed E-state index contributed by atoms with van der Waals surface area (Å²) >= 11 is 3.39. The van der Waals surface area contributed by atoms with Crippen LogP contribution in [0.3, 0.4) is 0 Å². The first-order chi connectivity index (χ1) is 9.78. The molecule has 1 amide bonds. The number of aryl methyl sites for hydroxylation is 1. The van der Waals surface area contributed by atoms with E-state index in [2.05, 4.69) is 15.9 Å². The number of halogens is 4. The SMILES string of the molecule is Cc1cccc(C(=O)N2CCN(CC(F)(F)F)CC2)c1Br. The topological polar surface area (TPSA) is 23.6 Å². The summed E-state index contributed by atoms with van der Waals surface area (Å²) in [5.41, 5.74) is 1.51. The van der Waals surface area contributed by atoms with Gasteiger partial charge in [-0.1, -0.05) is 12.1 Å². The number of benzene rings is 1. The number of carbonyl (C=O) groups excluding carboxylic acids is 1. The number of amides is 1. The Labute approximate surface area is 129 Å². The Balaban J connectivity index is 1.99. The summed E-state index contributed by atoms with van der Waals surface area (Å²) in [6, 6.07) is 5.41. The van der Waals surface area contributed by atoms with Crippen LogP contribution in [0, 0.1) is 6.92 Å². The minimum atomic E-state index is -4.19. The van der Waals surface area contributed by atoms with Crippen molar-refractivity contribution in [3.63, 3.8) is 0 Å². The van der Waals surface area contributed by atoms with Crippen LogP contribution in [0.5, 0.6) is 0 Å². The highest BCUT2D eigenvalue weighted by Crippen LogP contribution is 2.23. The standard InChI is InChI=1S/C14H16BrF3N2O/c1-10-3-2-4-11(12(10)15)13(21)20-7-5-19(6-8-20)9-14(16,17)18/h2-4H,5-9H2,1H3. The number of hydrogen-bond donors (Lipinski definition) is 0. The van der Waals surface area contributed by atoms with Crippen molar-refractivity contribution < 1.29 is 18.0 Å². The van der Waals surface area contributed by atoms with E-state index in [0.717, 1.165) is 10.0 Å². The molecule has 1 aromatic carbocycles. The number of hydrogen-bond acceptors (Lipinski definition) is 2. The van der Waals surface area contributed by atoms with Crippen LogP contribution in [0.2, 0.25) is 0 Å². The lowest BCUT2D eigenvalue weighted by Gasteiger charge is -2.35. The van der Waals surface area contributed by atoms with Crippen LogP contribution in [-0.2, 0) is 0 Å². The van der Waals surface area contributed by atoms with Gasteiger partial charge < -0.3 is 4.90 Å². The zero-order valence-corrected chi connectivity index (χ0v) is 13.2. The predicted octanol–water partition coefficient (Wildman–Crippen LogP) is 3.08. The molecule has 2 rings (SSSR count). The number of alkyl halides is 3. The summed E-state index contributed by atoms with van der Waals surface area (Å²) in [4.78, 5) is 15.4. The van der Waals surface area contributed by atoms with E-state index < -0.39 is 12.7 Å². The van der Waals surface area contributed by atoms with E-state index in [9.17, 15) is 18.0 Å². The van der Waals surface area contributed by atoms with E-state index >= 15 is 0 Å². The number of piperazine rings is 1. The fraction of sp³-hybridized carbons (Fsp3) is 0.500. The second-order valence-corrected chi connectivity index (χ2v) is 5.91. The third kappa shape index (κ3) is 4.20. The second-order valence-electron chi connectivity index (χ2n) is 5.12. The smallest absolute Gasteiger partial charge is 0.336 e. The summed E-state index contributed by atoms with van der Waals surface area (Å²) in [7, 11) is 0. The van der Waals surface area contributed by atoms with Crippen molar-refractivity contribution in [1.29, 1.82) is 0 Å². The van der Waals surface area contributed by atoms with Crippen LogP contribution < -0.4 is 0 Å². The van der Waals surface area contributed by atoms with Gasteiger partial charge >= 0.3 is 6.18 Å². The Morgan fingerprint density at radius 1 is 1.24 bits per heavy atom. The first-order valence-corrected chi connectivity index (χ1v) is 7.41. The van der Waals surface area contributed by atoms with Gasteiger partial charge in [0.25, 0.3) is 5.91 Å². The molecule has 0 radical (unpaired) electrons. The van der Waals surface area contributed by atoms with Crippen LogP contribution in [-0.4, -0.2) is 54.6 Å². The van der Waals surface area contributed by atoms with Crippen LogP contribution in [0.4, 0.5) is 13.2 Å². The second kappa shape index (κ2) is 6.36. The fourth-order valence-electron chi connectivity index (χ4n) is 2.35. The molecule has 21 heavy (non-hydrogen) atoms. The van der Waals surface area contributed by atoms with E-state index in [1.165, 1.54) is 4.90 Å². The first kappa shape index (κ1) is 16.3. The van der Waals surface area contributed by atoms with E-state index in [1.54, 1.807) is 17.0 Å². The lowest BCUT2D eigenvalue weighted by Crippen LogP contribution is -2.51. The van der Waals surface area contributed by atoms with Crippen molar-refractivity contribution in [2.45, 2.75) is 13.1 Å². The first-order valence-electron chi connectivity index (χ1n) is 6.61. The normalized spacial score (nSPS) is 17.1. The average Bonchev–Trinajstić information content (AvgIpc) is 2.40. The molecule has 0 atom stereocenters. The molecule has 0 unspecified atom stereocenters. The van der Waals surface area contributed by atoms with Crippen molar-refractivity contribution in [1.82, 2.24) is 9.80 Å². The molecule has 1 saturated heterocycles. The van der Waals surface area contributed by atoms with Crippen LogP contribution in [0.25, 0.3) is 0 Å². The van der Waals surface area contributed by atoms with E-state index in [-0.39, 0.29) is 19.0 Å². The minimum absolute atomic E-state index is 0.141. The van der Waals surface area contributed by atoms with Gasteiger partial charge in [-0.05, 0) is 34.5 Å². The molecule has 3 nitrogen and oxygen atoms in total. The Bertz CT molecular complexity index is 525. The quantitative estimate of drug-likeness (QED) is 0.804. The molecule has 0 bridgehead atoms. The third-order valence-electron chi connectivity index (χ3n) is 3.48. The largest absolute Gasteiger partial charge is 0.401 e. The minimum Gasteiger partial charge on any atom is -0.336 e. The summed E-state index contributed by atoms with van der Waals surface area (Å²) < 4.78 is 37.7. The molecular weight excluding hydrogens is 349 g/mol. The van der Waals surface area contributed by atoms with Crippen molar-refractivity contribution in [2.24, 2.45) is 0 Å². The summed E-state index contributed by atoms with van der Waals surface area (Å²) in [5.74, 6) is -0.141. The molecule has 116 valence electrons. The Morgan fingerprint density at radius 2 is 1.86 bits per heavy atom. The Morgan fingerprint density at radius 3 is 2.43 bits per heavy atom. The van der Waals surface area contributed by atoms with Crippen LogP contribution in [0.1, 0.15) is 15.9 Å². The van der Waals surface area contributed by atoms with Gasteiger partial charge in [0.05, 0.1) is 12.1 Å². The number of carbonyl (C=O) groups is 1. The van der Waals surface area contributed by atoms with E-state index in [1.807, 2.05) is 13.0 Å². The lowest BCUT2D eigenvalue weighted by molar-refractivity contribution is -0.148.